The third-order valence-electron chi connectivity index (χ3n) is 3.91. The Balaban J connectivity index is 1.58. The topological polar surface area (TPSA) is 47.6 Å². The number of nitrogens with one attached hydrogen (secondary N) is 1. The number of carbonyl (C=O) groups excluding carboxylic acids is 1. The van der Waals surface area contributed by atoms with Crippen LogP contribution in [0.2, 0.25) is 5.02 Å². The summed E-state index contributed by atoms with van der Waals surface area (Å²) in [5.41, 5.74) is 3.10. The van der Waals surface area contributed by atoms with Crippen molar-refractivity contribution in [1.29, 1.82) is 0 Å². The van der Waals surface area contributed by atoms with E-state index < -0.39 is 0 Å². The number of aryl methyl sites for hydroxylation is 2. The first-order chi connectivity index (χ1) is 13.4. The van der Waals surface area contributed by atoms with E-state index >= 15 is 0 Å². The summed E-state index contributed by atoms with van der Waals surface area (Å²) in [7, 11) is 0. The fourth-order valence-electron chi connectivity index (χ4n) is 2.77. The van der Waals surface area contributed by atoms with E-state index in [1.165, 1.54) is 22.9 Å². The molecule has 1 heterocycles. The summed E-state index contributed by atoms with van der Waals surface area (Å²) in [6.07, 6.45) is 2.47. The minimum absolute atomic E-state index is 0.206. The highest BCUT2D eigenvalue weighted by molar-refractivity contribution is 8.26. The van der Waals surface area contributed by atoms with E-state index in [0.717, 1.165) is 17.7 Å². The second kappa shape index (κ2) is 9.45. The average Bonchev–Trinajstić information content (AvgIpc) is 2.92. The number of thiocarbonyl (C=S) groups is 1. The number of amides is 1. The van der Waals surface area contributed by atoms with Gasteiger partial charge >= 0.3 is 0 Å². The van der Waals surface area contributed by atoms with Crippen molar-refractivity contribution in [3.8, 4) is 11.5 Å². The molecule has 4 nitrogen and oxygen atoms in total. The SMILES string of the molecule is Cc1cc(C)cc(OCCCOc2ccc(Cl)cc2C=C2SC(=S)NC2=O)c1. The molecular weight excluding hydrogens is 414 g/mol. The normalized spacial score (nSPS) is 15.0. The molecule has 3 rings (SSSR count). The summed E-state index contributed by atoms with van der Waals surface area (Å²) in [4.78, 5) is 12.4. The van der Waals surface area contributed by atoms with Crippen LogP contribution in [0.1, 0.15) is 23.1 Å². The summed E-state index contributed by atoms with van der Waals surface area (Å²) in [6.45, 7) is 5.14. The summed E-state index contributed by atoms with van der Waals surface area (Å²) in [5.74, 6) is 1.33. The van der Waals surface area contributed by atoms with Crippen LogP contribution in [0, 0.1) is 13.8 Å². The maximum absolute atomic E-state index is 11.9. The molecule has 146 valence electrons. The van der Waals surface area contributed by atoms with Gasteiger partial charge in [-0.1, -0.05) is 41.6 Å². The van der Waals surface area contributed by atoms with E-state index in [0.29, 0.717) is 33.2 Å². The maximum atomic E-state index is 11.9. The van der Waals surface area contributed by atoms with E-state index in [1.54, 1.807) is 24.3 Å². The van der Waals surface area contributed by atoms with Gasteiger partial charge in [0, 0.05) is 17.0 Å². The van der Waals surface area contributed by atoms with Crippen molar-refractivity contribution in [2.75, 3.05) is 13.2 Å². The molecule has 0 spiro atoms. The molecule has 1 fully saturated rings. The molecule has 1 amide bonds. The van der Waals surface area contributed by atoms with Crippen LogP contribution < -0.4 is 14.8 Å². The Hall–Kier alpha value is -2.02. The Morgan fingerprint density at radius 3 is 2.50 bits per heavy atom. The molecule has 0 radical (unpaired) electrons. The van der Waals surface area contributed by atoms with Gasteiger partial charge in [0.15, 0.2) is 0 Å². The Morgan fingerprint density at radius 1 is 1.11 bits per heavy atom. The second-order valence-corrected chi connectivity index (χ2v) is 8.56. The van der Waals surface area contributed by atoms with Gasteiger partial charge in [-0.3, -0.25) is 4.79 Å². The van der Waals surface area contributed by atoms with Crippen molar-refractivity contribution in [3.63, 3.8) is 0 Å². The van der Waals surface area contributed by atoms with Crippen LogP contribution in [0.4, 0.5) is 0 Å². The minimum atomic E-state index is -0.206. The van der Waals surface area contributed by atoms with Crippen LogP contribution in [-0.4, -0.2) is 23.4 Å². The molecule has 2 aromatic rings. The van der Waals surface area contributed by atoms with Gasteiger partial charge in [-0.15, -0.1) is 0 Å². The number of rotatable bonds is 7. The quantitative estimate of drug-likeness (QED) is 0.365. The third kappa shape index (κ3) is 5.74. The molecule has 1 aliphatic rings. The van der Waals surface area contributed by atoms with Crippen LogP contribution in [-0.2, 0) is 4.79 Å². The van der Waals surface area contributed by atoms with Gasteiger partial charge in [0.2, 0.25) is 0 Å². The molecule has 0 atom stereocenters. The predicted molar refractivity (Wildman–Crippen MR) is 119 cm³/mol. The van der Waals surface area contributed by atoms with Gasteiger partial charge in [0.05, 0.1) is 18.1 Å². The highest BCUT2D eigenvalue weighted by Gasteiger charge is 2.22. The third-order valence-corrected chi connectivity index (χ3v) is 5.31. The fourth-order valence-corrected chi connectivity index (χ4v) is 3.99. The van der Waals surface area contributed by atoms with E-state index in [2.05, 4.69) is 25.2 Å². The Kier molecular flexibility index (Phi) is 6.99. The summed E-state index contributed by atoms with van der Waals surface area (Å²) >= 11 is 12.4. The first kappa shape index (κ1) is 20.7. The summed E-state index contributed by atoms with van der Waals surface area (Å²) in [6, 6.07) is 11.5. The van der Waals surface area contributed by atoms with Crippen molar-refractivity contribution < 1.29 is 14.3 Å². The smallest absolute Gasteiger partial charge is 0.263 e. The van der Waals surface area contributed by atoms with Crippen molar-refractivity contribution in [2.45, 2.75) is 20.3 Å². The van der Waals surface area contributed by atoms with Crippen LogP contribution >= 0.6 is 35.6 Å². The van der Waals surface area contributed by atoms with Crippen LogP contribution in [0.5, 0.6) is 11.5 Å². The molecule has 0 bridgehead atoms. The van der Waals surface area contributed by atoms with E-state index in [-0.39, 0.29) is 5.91 Å². The highest BCUT2D eigenvalue weighted by atomic mass is 35.5. The van der Waals surface area contributed by atoms with Gasteiger partial charge < -0.3 is 14.8 Å². The first-order valence-electron chi connectivity index (χ1n) is 8.79. The van der Waals surface area contributed by atoms with Gasteiger partial charge in [-0.05, 0) is 61.4 Å². The van der Waals surface area contributed by atoms with Gasteiger partial charge in [-0.25, -0.2) is 0 Å². The molecule has 0 unspecified atom stereocenters. The van der Waals surface area contributed by atoms with Gasteiger partial charge in [0.1, 0.15) is 15.8 Å². The monoisotopic (exact) mass is 433 g/mol. The standard InChI is InChI=1S/C21H20ClNO3S2/c1-13-8-14(2)10-17(9-13)25-6-3-7-26-18-5-4-16(22)11-15(18)12-19-20(24)23-21(27)28-19/h4-5,8-12H,3,6-7H2,1-2H3,(H,23,24,27). The molecule has 1 saturated heterocycles. The first-order valence-corrected chi connectivity index (χ1v) is 10.4. The molecule has 0 aliphatic carbocycles. The van der Waals surface area contributed by atoms with Gasteiger partial charge in [0.25, 0.3) is 5.91 Å². The molecular formula is C21H20ClNO3S2. The zero-order chi connectivity index (χ0) is 20.1. The summed E-state index contributed by atoms with van der Waals surface area (Å²) < 4.78 is 12.1. The lowest BCUT2D eigenvalue weighted by atomic mass is 10.1. The lowest BCUT2D eigenvalue weighted by molar-refractivity contribution is -0.115. The lowest BCUT2D eigenvalue weighted by Gasteiger charge is -2.11. The zero-order valence-electron chi connectivity index (χ0n) is 15.6. The number of carbonyl (C=O) groups is 1. The van der Waals surface area contributed by atoms with Crippen LogP contribution in [0.25, 0.3) is 6.08 Å². The highest BCUT2D eigenvalue weighted by Crippen LogP contribution is 2.31. The Bertz CT molecular complexity index is 923. The van der Waals surface area contributed by atoms with Crippen LogP contribution in [0.15, 0.2) is 41.3 Å². The molecule has 2 aromatic carbocycles. The molecule has 0 aromatic heterocycles. The van der Waals surface area contributed by atoms with Gasteiger partial charge in [-0.2, -0.15) is 0 Å². The van der Waals surface area contributed by atoms with Crippen molar-refractivity contribution >= 4 is 51.9 Å². The molecule has 7 heteroatoms. The molecule has 1 N–H and O–H groups in total. The Morgan fingerprint density at radius 2 is 1.82 bits per heavy atom. The number of benzene rings is 2. The zero-order valence-corrected chi connectivity index (χ0v) is 18.0. The molecule has 1 aliphatic heterocycles. The summed E-state index contributed by atoms with van der Waals surface area (Å²) in [5, 5.41) is 3.17. The van der Waals surface area contributed by atoms with E-state index in [1.807, 2.05) is 12.1 Å². The number of hydrogen-bond acceptors (Lipinski definition) is 5. The van der Waals surface area contributed by atoms with E-state index in [4.69, 9.17) is 33.3 Å². The minimum Gasteiger partial charge on any atom is -0.493 e. The number of ether oxygens (including phenoxy) is 2. The largest absolute Gasteiger partial charge is 0.493 e. The van der Waals surface area contributed by atoms with Crippen molar-refractivity contribution in [1.82, 2.24) is 5.32 Å². The second-order valence-electron chi connectivity index (χ2n) is 6.41. The Labute approximate surface area is 179 Å². The number of halogens is 1. The predicted octanol–water partition coefficient (Wildman–Crippen LogP) is 5.29. The van der Waals surface area contributed by atoms with Crippen molar-refractivity contribution in [3.05, 3.63) is 63.0 Å². The molecule has 0 saturated carbocycles. The fraction of sp³-hybridized carbons (Fsp3) is 0.238. The molecule has 28 heavy (non-hydrogen) atoms. The maximum Gasteiger partial charge on any atom is 0.263 e. The van der Waals surface area contributed by atoms with Crippen molar-refractivity contribution in [2.24, 2.45) is 0 Å². The number of thioether (sulfide) groups is 1. The van der Waals surface area contributed by atoms with Crippen LogP contribution in [0.3, 0.4) is 0 Å². The lowest BCUT2D eigenvalue weighted by Crippen LogP contribution is -2.17. The number of hydrogen-bond donors (Lipinski definition) is 1. The average molecular weight is 434 g/mol. The van der Waals surface area contributed by atoms with E-state index in [9.17, 15) is 4.79 Å².